The highest BCUT2D eigenvalue weighted by Crippen LogP contribution is 2.29. The average molecular weight is 256 g/mol. The number of anilines is 2. The summed E-state index contributed by atoms with van der Waals surface area (Å²) in [6.07, 6.45) is 3.47. The van der Waals surface area contributed by atoms with E-state index in [4.69, 9.17) is 5.73 Å². The highest BCUT2D eigenvalue weighted by atomic mass is 16.2. The lowest BCUT2D eigenvalue weighted by Gasteiger charge is -2.29. The Labute approximate surface area is 111 Å². The number of nitrogens with one attached hydrogen (secondary N) is 1. The van der Waals surface area contributed by atoms with Crippen LogP contribution >= 0.6 is 0 Å². The fourth-order valence-corrected chi connectivity index (χ4v) is 2.55. The van der Waals surface area contributed by atoms with Crippen LogP contribution in [0.3, 0.4) is 0 Å². The maximum Gasteiger partial charge on any atom is 0.263 e. The van der Waals surface area contributed by atoms with E-state index < -0.39 is 0 Å². The van der Waals surface area contributed by atoms with Crippen LogP contribution in [0.1, 0.15) is 27.9 Å². The van der Waals surface area contributed by atoms with Gasteiger partial charge in [0.1, 0.15) is 11.4 Å². The Kier molecular flexibility index (Phi) is 2.74. The van der Waals surface area contributed by atoms with Crippen LogP contribution in [0.25, 0.3) is 0 Å². The number of aromatic amines is 1. The largest absolute Gasteiger partial charge is 0.383 e. The molecule has 0 saturated heterocycles. The zero-order valence-corrected chi connectivity index (χ0v) is 10.8. The SMILES string of the molecule is Cc1ccc2c(c1)CCCN2C(=O)c1cn[nH]c1N. The van der Waals surface area contributed by atoms with Crippen LogP contribution in [0.2, 0.25) is 0 Å². The molecule has 5 heteroatoms. The summed E-state index contributed by atoms with van der Waals surface area (Å²) in [6, 6.07) is 6.19. The van der Waals surface area contributed by atoms with Gasteiger partial charge in [0, 0.05) is 12.2 Å². The molecule has 0 fully saturated rings. The number of aryl methyl sites for hydroxylation is 2. The van der Waals surface area contributed by atoms with Crippen molar-refractivity contribution in [1.29, 1.82) is 0 Å². The normalized spacial score (nSPS) is 14.3. The third-order valence-electron chi connectivity index (χ3n) is 3.50. The highest BCUT2D eigenvalue weighted by Gasteiger charge is 2.25. The van der Waals surface area contributed by atoms with E-state index in [1.54, 1.807) is 4.90 Å². The molecule has 1 aromatic carbocycles. The van der Waals surface area contributed by atoms with E-state index in [-0.39, 0.29) is 5.91 Å². The quantitative estimate of drug-likeness (QED) is 0.818. The maximum absolute atomic E-state index is 12.5. The van der Waals surface area contributed by atoms with Crippen molar-refractivity contribution in [3.05, 3.63) is 41.1 Å². The fraction of sp³-hybridized carbons (Fsp3) is 0.286. The van der Waals surface area contributed by atoms with Crippen molar-refractivity contribution in [3.63, 3.8) is 0 Å². The number of carbonyl (C=O) groups excluding carboxylic acids is 1. The number of hydrogen-bond donors (Lipinski definition) is 2. The van der Waals surface area contributed by atoms with Crippen LogP contribution in [-0.4, -0.2) is 22.6 Å². The number of hydrogen-bond acceptors (Lipinski definition) is 3. The fourth-order valence-electron chi connectivity index (χ4n) is 2.55. The molecule has 98 valence electrons. The van der Waals surface area contributed by atoms with Gasteiger partial charge in [0.25, 0.3) is 5.91 Å². The molecule has 0 atom stereocenters. The highest BCUT2D eigenvalue weighted by molar-refractivity contribution is 6.09. The summed E-state index contributed by atoms with van der Waals surface area (Å²) in [5, 5.41) is 6.41. The number of nitrogens with two attached hydrogens (primary N) is 1. The van der Waals surface area contributed by atoms with Crippen molar-refractivity contribution >= 4 is 17.4 Å². The van der Waals surface area contributed by atoms with Crippen molar-refractivity contribution in [2.45, 2.75) is 19.8 Å². The van der Waals surface area contributed by atoms with E-state index in [0.29, 0.717) is 11.4 Å². The van der Waals surface area contributed by atoms with Crippen LogP contribution in [0.5, 0.6) is 0 Å². The maximum atomic E-state index is 12.5. The number of nitrogens with zero attached hydrogens (tertiary/aromatic N) is 2. The lowest BCUT2D eigenvalue weighted by Crippen LogP contribution is -2.35. The Morgan fingerprint density at radius 1 is 1.47 bits per heavy atom. The number of fused-ring (bicyclic) bond motifs is 1. The minimum Gasteiger partial charge on any atom is -0.383 e. The molecule has 1 amide bonds. The minimum absolute atomic E-state index is 0.0870. The van der Waals surface area contributed by atoms with Crippen LogP contribution in [0.4, 0.5) is 11.5 Å². The molecular weight excluding hydrogens is 240 g/mol. The Morgan fingerprint density at radius 3 is 3.05 bits per heavy atom. The van der Waals surface area contributed by atoms with Crippen molar-refractivity contribution in [2.75, 3.05) is 17.2 Å². The predicted molar refractivity (Wildman–Crippen MR) is 74.2 cm³/mol. The summed E-state index contributed by atoms with van der Waals surface area (Å²) in [5.74, 6) is 0.236. The second kappa shape index (κ2) is 4.42. The Morgan fingerprint density at radius 2 is 2.32 bits per heavy atom. The average Bonchev–Trinajstić information content (AvgIpc) is 2.83. The molecule has 0 radical (unpaired) electrons. The molecule has 3 rings (SSSR count). The van der Waals surface area contributed by atoms with Gasteiger partial charge in [0.05, 0.1) is 6.20 Å². The van der Waals surface area contributed by atoms with Gasteiger partial charge < -0.3 is 10.6 Å². The molecule has 0 aliphatic carbocycles. The molecule has 0 spiro atoms. The number of H-pyrrole nitrogens is 1. The number of rotatable bonds is 1. The molecule has 2 heterocycles. The van der Waals surface area contributed by atoms with E-state index >= 15 is 0 Å². The topological polar surface area (TPSA) is 75.0 Å². The third-order valence-corrected chi connectivity index (χ3v) is 3.50. The molecule has 0 bridgehead atoms. The van der Waals surface area contributed by atoms with Crippen LogP contribution in [-0.2, 0) is 6.42 Å². The molecular formula is C14H16N4O. The zero-order chi connectivity index (χ0) is 13.4. The minimum atomic E-state index is -0.0870. The van der Waals surface area contributed by atoms with Crippen LogP contribution < -0.4 is 10.6 Å². The first-order valence-electron chi connectivity index (χ1n) is 6.37. The van der Waals surface area contributed by atoms with Gasteiger partial charge in [-0.05, 0) is 31.4 Å². The summed E-state index contributed by atoms with van der Waals surface area (Å²) in [6.45, 7) is 2.79. The summed E-state index contributed by atoms with van der Waals surface area (Å²) < 4.78 is 0. The standard InChI is InChI=1S/C14H16N4O/c1-9-4-5-12-10(7-9)3-2-6-18(12)14(19)11-8-16-17-13(11)15/h4-5,7-8H,2-3,6H2,1H3,(H3,15,16,17). The van der Waals surface area contributed by atoms with Gasteiger partial charge in [-0.25, -0.2) is 0 Å². The van der Waals surface area contributed by atoms with Gasteiger partial charge in [-0.1, -0.05) is 17.7 Å². The molecule has 19 heavy (non-hydrogen) atoms. The van der Waals surface area contributed by atoms with Crippen LogP contribution in [0, 0.1) is 6.92 Å². The second-order valence-electron chi connectivity index (χ2n) is 4.89. The summed E-state index contributed by atoms with van der Waals surface area (Å²) in [5.41, 5.74) is 9.60. The number of carbonyl (C=O) groups is 1. The smallest absolute Gasteiger partial charge is 0.263 e. The summed E-state index contributed by atoms with van der Waals surface area (Å²) in [7, 11) is 0. The molecule has 5 nitrogen and oxygen atoms in total. The molecule has 0 saturated carbocycles. The molecule has 2 aromatic rings. The van der Waals surface area contributed by atoms with E-state index in [0.717, 1.165) is 25.1 Å². The molecule has 0 unspecified atom stereocenters. The number of amides is 1. The van der Waals surface area contributed by atoms with E-state index in [1.165, 1.54) is 17.3 Å². The Bertz CT molecular complexity index is 632. The van der Waals surface area contributed by atoms with Crippen molar-refractivity contribution in [3.8, 4) is 0 Å². The van der Waals surface area contributed by atoms with Gasteiger partial charge in [0.2, 0.25) is 0 Å². The lowest BCUT2D eigenvalue weighted by atomic mass is 9.99. The molecule has 1 aliphatic heterocycles. The summed E-state index contributed by atoms with van der Waals surface area (Å²) >= 11 is 0. The van der Waals surface area contributed by atoms with Gasteiger partial charge >= 0.3 is 0 Å². The number of aromatic nitrogens is 2. The second-order valence-corrected chi connectivity index (χ2v) is 4.89. The first-order valence-corrected chi connectivity index (χ1v) is 6.37. The molecule has 3 N–H and O–H groups in total. The molecule has 1 aliphatic rings. The van der Waals surface area contributed by atoms with Crippen LogP contribution in [0.15, 0.2) is 24.4 Å². The zero-order valence-electron chi connectivity index (χ0n) is 10.8. The van der Waals surface area contributed by atoms with Gasteiger partial charge in [0.15, 0.2) is 0 Å². The van der Waals surface area contributed by atoms with Gasteiger partial charge in [-0.3, -0.25) is 9.89 Å². The monoisotopic (exact) mass is 256 g/mol. The third kappa shape index (κ3) is 1.97. The Hall–Kier alpha value is -2.30. The Balaban J connectivity index is 2.00. The predicted octanol–water partition coefficient (Wildman–Crippen LogP) is 1.89. The van der Waals surface area contributed by atoms with Gasteiger partial charge in [-0.2, -0.15) is 5.10 Å². The molecule has 1 aromatic heterocycles. The van der Waals surface area contributed by atoms with Crippen molar-refractivity contribution < 1.29 is 4.79 Å². The number of nitrogen functional groups attached to an aromatic ring is 1. The summed E-state index contributed by atoms with van der Waals surface area (Å²) in [4.78, 5) is 14.3. The van der Waals surface area contributed by atoms with E-state index in [1.807, 2.05) is 12.1 Å². The van der Waals surface area contributed by atoms with E-state index in [2.05, 4.69) is 23.2 Å². The van der Waals surface area contributed by atoms with Crippen molar-refractivity contribution in [1.82, 2.24) is 10.2 Å². The first-order chi connectivity index (χ1) is 9.16. The van der Waals surface area contributed by atoms with E-state index in [9.17, 15) is 4.79 Å². The lowest BCUT2D eigenvalue weighted by molar-refractivity contribution is 0.0986. The van der Waals surface area contributed by atoms with Gasteiger partial charge in [-0.15, -0.1) is 0 Å². The van der Waals surface area contributed by atoms with Crippen molar-refractivity contribution in [2.24, 2.45) is 0 Å². The number of benzene rings is 1. The first kappa shape index (κ1) is 11.8.